The average molecular weight is 402 g/mol. The minimum absolute atomic E-state index is 0.167. The zero-order chi connectivity index (χ0) is 12.1. The van der Waals surface area contributed by atoms with Crippen molar-refractivity contribution in [2.45, 2.75) is 29.7 Å². The van der Waals surface area contributed by atoms with Crippen molar-refractivity contribution in [3.05, 3.63) is 0 Å². The number of halogens is 7. The lowest BCUT2D eigenvalue weighted by Gasteiger charge is -2.43. The summed E-state index contributed by atoms with van der Waals surface area (Å²) in [5.74, 6) is 0. The second-order valence-electron chi connectivity index (χ2n) is 3.93. The molecule has 10 heteroatoms. The van der Waals surface area contributed by atoms with Crippen molar-refractivity contribution in [3.8, 4) is 0 Å². The van der Waals surface area contributed by atoms with Crippen LogP contribution in [0.25, 0.3) is 0 Å². The summed E-state index contributed by atoms with van der Waals surface area (Å²) >= 11 is 43.3. The summed E-state index contributed by atoms with van der Waals surface area (Å²) in [6, 6.07) is -1.79. The Balaban J connectivity index is 2.97. The molecule has 0 radical (unpaired) electrons. The molecule has 90 valence electrons. The highest BCUT2D eigenvalue weighted by Gasteiger charge is 2.61. The van der Waals surface area contributed by atoms with E-state index in [0.29, 0.717) is 12.1 Å². The summed E-state index contributed by atoms with van der Waals surface area (Å²) in [6.07, 6.45) is 0. The minimum Gasteiger partial charge on any atom is -0.146 e. The van der Waals surface area contributed by atoms with E-state index in [-0.39, 0.29) is 10.7 Å². The number of rotatable bonds is 1. The molecule has 0 nitrogen and oxygen atoms in total. The highest BCUT2D eigenvalue weighted by molar-refractivity contribution is 7.71. The Morgan fingerprint density at radius 1 is 0.933 bits per heavy atom. The van der Waals surface area contributed by atoms with E-state index in [1.54, 1.807) is 0 Å². The van der Waals surface area contributed by atoms with E-state index in [1.165, 1.54) is 0 Å². The number of hydrogen-bond donors (Lipinski definition) is 0. The first-order valence-electron chi connectivity index (χ1n) is 4.29. The molecular weight excluding hydrogens is 392 g/mol. The SMILES string of the molecule is CC1C[Si](Cl)(Cl)C([Si](Cl)(Cl)Cl)C[Si]1(Cl)Cl. The fraction of sp³-hybridized carbons (Fsp3) is 1.00. The van der Waals surface area contributed by atoms with Crippen molar-refractivity contribution in [1.82, 2.24) is 0 Å². The topological polar surface area (TPSA) is 0 Å². The van der Waals surface area contributed by atoms with Crippen LogP contribution in [0.5, 0.6) is 0 Å². The lowest BCUT2D eigenvalue weighted by Crippen LogP contribution is -2.49. The molecule has 0 spiro atoms. The van der Waals surface area contributed by atoms with E-state index in [1.807, 2.05) is 6.92 Å². The molecule has 1 heterocycles. The van der Waals surface area contributed by atoms with Gasteiger partial charge in [0.2, 0.25) is 0 Å². The molecular formula is C5H9Cl7Si3. The maximum atomic E-state index is 6.34. The first kappa shape index (κ1) is 15.7. The highest BCUT2D eigenvalue weighted by atomic mass is 35.8. The predicted molar refractivity (Wildman–Crippen MR) is 81.0 cm³/mol. The lowest BCUT2D eigenvalue weighted by molar-refractivity contribution is 0.960. The minimum atomic E-state index is -2.93. The molecule has 0 aromatic heterocycles. The summed E-state index contributed by atoms with van der Waals surface area (Å²) in [4.78, 5) is 0. The van der Waals surface area contributed by atoms with Gasteiger partial charge in [-0.05, 0) is 17.6 Å². The van der Waals surface area contributed by atoms with Crippen molar-refractivity contribution in [2.75, 3.05) is 0 Å². The lowest BCUT2D eigenvalue weighted by atomic mass is 10.5. The van der Waals surface area contributed by atoms with Crippen molar-refractivity contribution in [2.24, 2.45) is 0 Å². The van der Waals surface area contributed by atoms with Crippen LogP contribution < -0.4 is 0 Å². The Hall–Kier alpha value is 2.68. The summed E-state index contributed by atoms with van der Waals surface area (Å²) < 4.78 is 0. The highest BCUT2D eigenvalue weighted by Crippen LogP contribution is 2.59. The standard InChI is InChI=1S/C5H9Cl7Si3/c1-4-2-14(8,9)5(15(10,11)12)3-13(4,6)7/h4-5H,2-3H2,1H3. The van der Waals surface area contributed by atoms with Crippen LogP contribution in [0.3, 0.4) is 0 Å². The molecule has 0 aromatic rings. The van der Waals surface area contributed by atoms with E-state index >= 15 is 0 Å². The van der Waals surface area contributed by atoms with Crippen LogP contribution in [0.15, 0.2) is 0 Å². The van der Waals surface area contributed by atoms with Crippen molar-refractivity contribution in [3.63, 3.8) is 0 Å². The van der Waals surface area contributed by atoms with Gasteiger partial charge in [-0.3, -0.25) is 0 Å². The zero-order valence-electron chi connectivity index (χ0n) is 7.71. The molecule has 0 saturated carbocycles. The molecule has 0 aliphatic carbocycles. The van der Waals surface area contributed by atoms with Gasteiger partial charge >= 0.3 is 6.00 Å². The molecule has 1 rings (SSSR count). The van der Waals surface area contributed by atoms with Crippen molar-refractivity contribution in [1.29, 1.82) is 0 Å². The molecule has 0 amide bonds. The van der Waals surface area contributed by atoms with Gasteiger partial charge in [0, 0.05) is 5.16 Å². The van der Waals surface area contributed by atoms with Gasteiger partial charge in [0.15, 0.2) is 0 Å². The third-order valence-electron chi connectivity index (χ3n) is 2.68. The van der Waals surface area contributed by atoms with Gasteiger partial charge < -0.3 is 0 Å². The predicted octanol–water partition coefficient (Wildman–Crippen LogP) is 5.79. The number of hydrogen-bond acceptors (Lipinski definition) is 0. The van der Waals surface area contributed by atoms with Gasteiger partial charge in [0.05, 0.1) is 0 Å². The normalized spacial score (nSPS) is 35.2. The smallest absolute Gasteiger partial charge is 0.146 e. The molecule has 2 unspecified atom stereocenters. The van der Waals surface area contributed by atoms with Gasteiger partial charge in [-0.25, -0.2) is 0 Å². The third kappa shape index (κ3) is 3.82. The Labute approximate surface area is 125 Å². The van der Waals surface area contributed by atoms with E-state index in [0.717, 1.165) is 0 Å². The Kier molecular flexibility index (Phi) is 5.23. The Morgan fingerprint density at radius 2 is 1.40 bits per heavy atom. The van der Waals surface area contributed by atoms with Crippen LogP contribution in [0.2, 0.25) is 22.8 Å². The molecule has 0 N–H and O–H groups in total. The fourth-order valence-corrected chi connectivity index (χ4v) is 32.7. The second-order valence-corrected chi connectivity index (χ2v) is 28.2. The van der Waals surface area contributed by atoms with E-state index in [2.05, 4.69) is 0 Å². The molecule has 0 aromatic carbocycles. The van der Waals surface area contributed by atoms with Gasteiger partial charge in [-0.2, -0.15) is 0 Å². The van der Waals surface area contributed by atoms with Gasteiger partial charge in [0.1, 0.15) is 0 Å². The summed E-state index contributed by atoms with van der Waals surface area (Å²) in [5, 5.41) is -0.254. The zero-order valence-corrected chi connectivity index (χ0v) is 16.0. The molecule has 2 atom stereocenters. The fourth-order valence-electron chi connectivity index (χ4n) is 1.68. The Morgan fingerprint density at radius 3 is 1.80 bits per heavy atom. The van der Waals surface area contributed by atoms with E-state index in [4.69, 9.17) is 77.6 Å². The molecule has 1 fully saturated rings. The largest absolute Gasteiger partial charge is 0.343 e. The van der Waals surface area contributed by atoms with Crippen molar-refractivity contribution < 1.29 is 0 Å². The van der Waals surface area contributed by atoms with E-state index in [9.17, 15) is 0 Å². The molecule has 15 heavy (non-hydrogen) atoms. The first-order valence-corrected chi connectivity index (χ1v) is 18.0. The van der Waals surface area contributed by atoms with Gasteiger partial charge in [-0.15, -0.1) is 77.6 Å². The van der Waals surface area contributed by atoms with Crippen LogP contribution in [0, 0.1) is 0 Å². The van der Waals surface area contributed by atoms with E-state index < -0.39 is 19.4 Å². The first-order chi connectivity index (χ1) is 6.47. The van der Waals surface area contributed by atoms with Crippen LogP contribution in [0.1, 0.15) is 6.92 Å². The maximum Gasteiger partial charge on any atom is 0.343 e. The average Bonchev–Trinajstić information content (AvgIpc) is 1.94. The maximum absolute atomic E-state index is 6.34. The second kappa shape index (κ2) is 4.99. The summed E-state index contributed by atoms with van der Waals surface area (Å²) in [6.45, 7) is -2.91. The quantitative estimate of drug-likeness (QED) is 0.385. The monoisotopic (exact) mass is 398 g/mol. The van der Waals surface area contributed by atoms with Crippen LogP contribution >= 0.6 is 77.6 Å². The van der Waals surface area contributed by atoms with Gasteiger partial charge in [0.25, 0.3) is 13.4 Å². The van der Waals surface area contributed by atoms with Gasteiger partial charge in [-0.1, -0.05) is 6.92 Å². The van der Waals surface area contributed by atoms with Crippen LogP contribution in [-0.4, -0.2) is 19.4 Å². The summed E-state index contributed by atoms with van der Waals surface area (Å²) in [5.41, 5.74) is 0.167. The molecule has 0 bridgehead atoms. The van der Waals surface area contributed by atoms with Crippen LogP contribution in [0.4, 0.5) is 0 Å². The van der Waals surface area contributed by atoms with Crippen LogP contribution in [-0.2, 0) is 0 Å². The molecule has 1 aliphatic rings. The molecule has 1 saturated heterocycles. The summed E-state index contributed by atoms with van der Waals surface area (Å²) in [7, 11) is 0. The third-order valence-corrected chi connectivity index (χ3v) is 23.4. The molecule has 1 aliphatic heterocycles. The van der Waals surface area contributed by atoms with Crippen molar-refractivity contribution >= 4 is 96.9 Å². The Bertz CT molecular complexity index is 250.